The number of carbonyl (C=O) groups excluding carboxylic acids is 1. The number of hydrogen-bond donors (Lipinski definition) is 5. The standard InChI is InChI=1S/C23H23FN8O/c1-12-14(24)4-2-5-15(12)28-19-16-20(23(11-27-22(16)33)7-3-8-25-10-23)29-17(19)13-6-9-26-21-18(13)30-32-31-21/h2,4-6,9,25,28-29H,3,7-8,10-11H2,1H3,(H,27,33)(H,26,30,31,32)/t23-/m0/s1. The second kappa shape index (κ2) is 7.38. The van der Waals surface area contributed by atoms with Gasteiger partial charge in [0.15, 0.2) is 0 Å². The van der Waals surface area contributed by atoms with Gasteiger partial charge in [-0.2, -0.15) is 10.3 Å². The Morgan fingerprint density at radius 2 is 2.09 bits per heavy atom. The van der Waals surface area contributed by atoms with E-state index in [1.807, 2.05) is 6.07 Å². The molecule has 5 heterocycles. The number of piperidine rings is 1. The molecule has 2 aliphatic rings. The highest BCUT2D eigenvalue weighted by Gasteiger charge is 2.44. The van der Waals surface area contributed by atoms with Gasteiger partial charge < -0.3 is 20.9 Å². The van der Waals surface area contributed by atoms with Crippen molar-refractivity contribution in [3.63, 3.8) is 0 Å². The Labute approximate surface area is 188 Å². The number of amides is 1. The lowest BCUT2D eigenvalue weighted by atomic mass is 9.74. The van der Waals surface area contributed by atoms with Crippen LogP contribution in [0, 0.1) is 12.7 Å². The van der Waals surface area contributed by atoms with Crippen molar-refractivity contribution in [1.82, 2.24) is 36.0 Å². The van der Waals surface area contributed by atoms with Gasteiger partial charge in [0.2, 0.25) is 5.65 Å². The highest BCUT2D eigenvalue weighted by molar-refractivity contribution is 6.08. The van der Waals surface area contributed by atoms with Crippen LogP contribution >= 0.6 is 0 Å². The second-order valence-corrected chi connectivity index (χ2v) is 8.76. The van der Waals surface area contributed by atoms with Crippen LogP contribution in [0.2, 0.25) is 0 Å². The van der Waals surface area contributed by atoms with E-state index >= 15 is 0 Å². The molecular weight excluding hydrogens is 423 g/mol. The van der Waals surface area contributed by atoms with Crippen molar-refractivity contribution >= 4 is 28.4 Å². The maximum Gasteiger partial charge on any atom is 0.255 e. The fourth-order valence-corrected chi connectivity index (χ4v) is 5.05. The Bertz CT molecular complexity index is 1380. The number of pyridine rings is 1. The first-order valence-corrected chi connectivity index (χ1v) is 11.0. The van der Waals surface area contributed by atoms with E-state index in [2.05, 4.69) is 41.3 Å². The van der Waals surface area contributed by atoms with E-state index in [4.69, 9.17) is 0 Å². The summed E-state index contributed by atoms with van der Waals surface area (Å²) in [5.74, 6) is -0.475. The zero-order valence-electron chi connectivity index (χ0n) is 18.1. The average molecular weight is 446 g/mol. The Morgan fingerprint density at radius 1 is 1.18 bits per heavy atom. The molecule has 1 saturated heterocycles. The van der Waals surface area contributed by atoms with Crippen LogP contribution in [0.15, 0.2) is 30.5 Å². The zero-order valence-corrected chi connectivity index (χ0v) is 18.1. The topological polar surface area (TPSA) is 123 Å². The summed E-state index contributed by atoms with van der Waals surface area (Å²) in [6.45, 7) is 3.98. The summed E-state index contributed by atoms with van der Waals surface area (Å²) in [5, 5.41) is 21.0. The largest absolute Gasteiger partial charge is 0.355 e. The minimum atomic E-state index is -0.314. The predicted octanol–water partition coefficient (Wildman–Crippen LogP) is 2.90. The first kappa shape index (κ1) is 19.9. The number of aromatic amines is 2. The van der Waals surface area contributed by atoms with E-state index in [1.165, 1.54) is 6.07 Å². The molecule has 2 aliphatic heterocycles. The van der Waals surface area contributed by atoms with E-state index in [1.54, 1.807) is 25.3 Å². The fraction of sp³-hybridized carbons (Fsp3) is 0.304. The number of aromatic nitrogens is 5. The third-order valence-corrected chi connectivity index (χ3v) is 6.84. The average Bonchev–Trinajstić information content (AvgIpc) is 3.46. The molecule has 5 N–H and O–H groups in total. The maximum absolute atomic E-state index is 14.3. The highest BCUT2D eigenvalue weighted by Crippen LogP contribution is 2.45. The van der Waals surface area contributed by atoms with Gasteiger partial charge in [-0.15, -0.1) is 5.10 Å². The maximum atomic E-state index is 14.3. The van der Waals surface area contributed by atoms with Gasteiger partial charge in [-0.25, -0.2) is 9.37 Å². The molecular formula is C23H23FN8O. The number of H-pyrrole nitrogens is 2. The lowest BCUT2D eigenvalue weighted by Gasteiger charge is -2.40. The number of nitrogens with zero attached hydrogens (tertiary/aromatic N) is 3. The van der Waals surface area contributed by atoms with Crippen LogP contribution in [0.5, 0.6) is 0 Å². The molecule has 1 amide bonds. The van der Waals surface area contributed by atoms with E-state index < -0.39 is 0 Å². The van der Waals surface area contributed by atoms with Crippen molar-refractivity contribution in [2.24, 2.45) is 0 Å². The number of carbonyl (C=O) groups is 1. The van der Waals surface area contributed by atoms with E-state index in [0.29, 0.717) is 45.9 Å². The van der Waals surface area contributed by atoms with Gasteiger partial charge in [0.05, 0.1) is 16.9 Å². The van der Waals surface area contributed by atoms with Gasteiger partial charge in [-0.1, -0.05) is 6.07 Å². The number of hydrogen-bond acceptors (Lipinski definition) is 6. The zero-order chi connectivity index (χ0) is 22.6. The molecule has 6 rings (SSSR count). The van der Waals surface area contributed by atoms with Gasteiger partial charge in [0.25, 0.3) is 5.91 Å². The molecule has 1 fully saturated rings. The number of benzene rings is 1. The van der Waals surface area contributed by atoms with Gasteiger partial charge in [0.1, 0.15) is 11.3 Å². The summed E-state index contributed by atoms with van der Waals surface area (Å²) in [5.41, 5.74) is 5.38. The molecule has 4 aromatic rings. The van der Waals surface area contributed by atoms with E-state index in [9.17, 15) is 9.18 Å². The SMILES string of the molecule is Cc1c(F)cccc1Nc1c(-c2ccnc3n[nH]nc23)[nH]c2c1C(=O)NC[C@@]21CCCNC1. The normalized spacial score (nSPS) is 20.1. The molecule has 33 heavy (non-hydrogen) atoms. The summed E-state index contributed by atoms with van der Waals surface area (Å²) >= 11 is 0. The molecule has 10 heteroatoms. The monoisotopic (exact) mass is 446 g/mol. The van der Waals surface area contributed by atoms with Crippen molar-refractivity contribution in [3.05, 3.63) is 53.1 Å². The van der Waals surface area contributed by atoms with E-state index in [0.717, 1.165) is 37.2 Å². The molecule has 1 aromatic carbocycles. The lowest BCUT2D eigenvalue weighted by molar-refractivity contribution is 0.0916. The fourth-order valence-electron chi connectivity index (χ4n) is 5.05. The highest BCUT2D eigenvalue weighted by atomic mass is 19.1. The van der Waals surface area contributed by atoms with Crippen LogP contribution in [-0.2, 0) is 5.41 Å². The first-order valence-electron chi connectivity index (χ1n) is 11.0. The van der Waals surface area contributed by atoms with Crippen molar-refractivity contribution in [3.8, 4) is 11.3 Å². The number of rotatable bonds is 3. The third kappa shape index (κ3) is 3.01. The molecule has 1 atom stereocenters. The summed E-state index contributed by atoms with van der Waals surface area (Å²) in [6.07, 6.45) is 3.62. The van der Waals surface area contributed by atoms with Crippen molar-refractivity contribution in [2.45, 2.75) is 25.2 Å². The molecule has 3 aromatic heterocycles. The number of fused-ring (bicyclic) bond motifs is 3. The van der Waals surface area contributed by atoms with Crippen LogP contribution in [0.3, 0.4) is 0 Å². The van der Waals surface area contributed by atoms with Crippen molar-refractivity contribution in [1.29, 1.82) is 0 Å². The smallest absolute Gasteiger partial charge is 0.255 e. The molecule has 1 spiro atoms. The minimum Gasteiger partial charge on any atom is -0.355 e. The molecule has 0 radical (unpaired) electrons. The van der Waals surface area contributed by atoms with Gasteiger partial charge in [0, 0.05) is 47.2 Å². The molecule has 0 bridgehead atoms. The van der Waals surface area contributed by atoms with Crippen molar-refractivity contribution in [2.75, 3.05) is 25.0 Å². The number of halogens is 1. The number of nitrogens with one attached hydrogen (secondary N) is 5. The molecule has 0 saturated carbocycles. The van der Waals surface area contributed by atoms with Crippen LogP contribution < -0.4 is 16.0 Å². The lowest BCUT2D eigenvalue weighted by Crippen LogP contribution is -2.54. The Balaban J connectivity index is 1.62. The Kier molecular flexibility index (Phi) is 4.44. The summed E-state index contributed by atoms with van der Waals surface area (Å²) < 4.78 is 14.3. The van der Waals surface area contributed by atoms with Gasteiger partial charge >= 0.3 is 0 Å². The molecule has 168 valence electrons. The molecule has 9 nitrogen and oxygen atoms in total. The molecule has 0 aliphatic carbocycles. The third-order valence-electron chi connectivity index (χ3n) is 6.84. The predicted molar refractivity (Wildman–Crippen MR) is 122 cm³/mol. The summed E-state index contributed by atoms with van der Waals surface area (Å²) in [4.78, 5) is 21.1. The van der Waals surface area contributed by atoms with Gasteiger partial charge in [-0.3, -0.25) is 4.79 Å². The van der Waals surface area contributed by atoms with E-state index in [-0.39, 0.29) is 17.1 Å². The van der Waals surface area contributed by atoms with Crippen LogP contribution in [0.25, 0.3) is 22.4 Å². The van der Waals surface area contributed by atoms with Crippen molar-refractivity contribution < 1.29 is 9.18 Å². The van der Waals surface area contributed by atoms with Crippen LogP contribution in [0.4, 0.5) is 15.8 Å². The Morgan fingerprint density at radius 3 is 2.94 bits per heavy atom. The first-order chi connectivity index (χ1) is 16.1. The second-order valence-electron chi connectivity index (χ2n) is 8.76. The quantitative estimate of drug-likeness (QED) is 0.330. The van der Waals surface area contributed by atoms with Gasteiger partial charge in [-0.05, 0) is 44.5 Å². The Hall–Kier alpha value is -3.79. The minimum absolute atomic E-state index is 0.161. The number of anilines is 2. The summed E-state index contributed by atoms with van der Waals surface area (Å²) in [6, 6.07) is 6.72. The summed E-state index contributed by atoms with van der Waals surface area (Å²) in [7, 11) is 0. The molecule has 0 unspecified atom stereocenters. The van der Waals surface area contributed by atoms with Crippen LogP contribution in [-0.4, -0.2) is 50.9 Å². The van der Waals surface area contributed by atoms with Crippen LogP contribution in [0.1, 0.15) is 34.5 Å².